The Kier molecular flexibility index (Phi) is 9.30. The first-order chi connectivity index (χ1) is 15.4. The normalized spacial score (nSPS) is 14.2. The minimum Gasteiger partial charge on any atom is -0.494 e. The number of hydrogen-bond acceptors (Lipinski definition) is 4. The molecule has 1 aliphatic rings. The molecule has 0 unspecified atom stereocenters. The highest BCUT2D eigenvalue weighted by atomic mass is 31.2. The summed E-state index contributed by atoms with van der Waals surface area (Å²) >= 11 is 0. The van der Waals surface area contributed by atoms with E-state index in [1.165, 1.54) is 11.1 Å². The Morgan fingerprint density at radius 3 is 2.38 bits per heavy atom. The average Bonchev–Trinajstić information content (AvgIpc) is 2.73. The summed E-state index contributed by atoms with van der Waals surface area (Å²) in [6.45, 7) is 1.19. The van der Waals surface area contributed by atoms with E-state index in [0.717, 1.165) is 44.3 Å². The van der Waals surface area contributed by atoms with Gasteiger partial charge in [-0.3, -0.25) is 9.32 Å². The summed E-state index contributed by atoms with van der Waals surface area (Å²) in [5.41, 5.74) is 2.55. The predicted molar refractivity (Wildman–Crippen MR) is 122 cm³/mol. The smallest absolute Gasteiger partial charge is 0.469 e. The molecular formula is C24H32NO6P. The number of hydrogen-bond donors (Lipinski definition) is 2. The molecule has 2 aromatic carbocycles. The highest BCUT2D eigenvalue weighted by molar-refractivity contribution is 7.46. The SMILES string of the molecule is O=C(CCCCc1cccc(OCCCCc2ccccc2)c1)N1CC(OP(=O)(O)O)C1. The van der Waals surface area contributed by atoms with Gasteiger partial charge in [0, 0.05) is 19.5 Å². The molecule has 0 aliphatic carbocycles. The molecule has 0 atom stereocenters. The van der Waals surface area contributed by atoms with E-state index in [4.69, 9.17) is 14.5 Å². The Labute approximate surface area is 189 Å². The van der Waals surface area contributed by atoms with Crippen molar-refractivity contribution in [3.63, 3.8) is 0 Å². The molecule has 1 saturated heterocycles. The number of ether oxygens (including phenoxy) is 1. The Balaban J connectivity index is 1.26. The fourth-order valence-corrected chi connectivity index (χ4v) is 4.24. The van der Waals surface area contributed by atoms with Crippen molar-refractivity contribution in [2.45, 2.75) is 51.0 Å². The van der Waals surface area contributed by atoms with Crippen molar-refractivity contribution in [1.82, 2.24) is 4.90 Å². The molecule has 0 bridgehead atoms. The van der Waals surface area contributed by atoms with Crippen LogP contribution in [0.25, 0.3) is 0 Å². The summed E-state index contributed by atoms with van der Waals surface area (Å²) in [5.74, 6) is 0.887. The molecular weight excluding hydrogens is 429 g/mol. The highest BCUT2D eigenvalue weighted by Gasteiger charge is 2.35. The lowest BCUT2D eigenvalue weighted by Gasteiger charge is -2.38. The van der Waals surface area contributed by atoms with Crippen LogP contribution in [-0.4, -0.2) is 46.4 Å². The lowest BCUT2D eigenvalue weighted by Crippen LogP contribution is -2.54. The van der Waals surface area contributed by atoms with Gasteiger partial charge in [-0.05, 0) is 61.8 Å². The van der Waals surface area contributed by atoms with Gasteiger partial charge in [-0.2, -0.15) is 0 Å². The topological polar surface area (TPSA) is 96.3 Å². The van der Waals surface area contributed by atoms with Crippen molar-refractivity contribution < 1.29 is 28.4 Å². The molecule has 0 saturated carbocycles. The summed E-state index contributed by atoms with van der Waals surface area (Å²) < 4.78 is 21.3. The molecule has 32 heavy (non-hydrogen) atoms. The van der Waals surface area contributed by atoms with E-state index in [0.29, 0.717) is 13.0 Å². The van der Waals surface area contributed by atoms with Gasteiger partial charge in [-0.15, -0.1) is 0 Å². The average molecular weight is 461 g/mol. The van der Waals surface area contributed by atoms with Gasteiger partial charge >= 0.3 is 7.82 Å². The number of phosphoric acid groups is 1. The summed E-state index contributed by atoms with van der Waals surface area (Å²) in [6, 6.07) is 18.6. The third-order valence-electron chi connectivity index (χ3n) is 5.46. The maximum Gasteiger partial charge on any atom is 0.469 e. The van der Waals surface area contributed by atoms with Crippen LogP contribution < -0.4 is 4.74 Å². The highest BCUT2D eigenvalue weighted by Crippen LogP contribution is 2.39. The van der Waals surface area contributed by atoms with Gasteiger partial charge in [-0.25, -0.2) is 4.57 Å². The van der Waals surface area contributed by atoms with E-state index in [1.54, 1.807) is 4.90 Å². The number of carbonyl (C=O) groups excluding carboxylic acids is 1. The molecule has 1 aliphatic heterocycles. The van der Waals surface area contributed by atoms with Crippen molar-refractivity contribution >= 4 is 13.7 Å². The molecule has 2 aromatic rings. The number of amides is 1. The van der Waals surface area contributed by atoms with Gasteiger partial charge in [-0.1, -0.05) is 42.5 Å². The molecule has 1 fully saturated rings. The molecule has 174 valence electrons. The minimum absolute atomic E-state index is 0.00292. The molecule has 3 rings (SSSR count). The second kappa shape index (κ2) is 12.2. The van der Waals surface area contributed by atoms with Crippen LogP contribution >= 0.6 is 7.82 Å². The van der Waals surface area contributed by atoms with Gasteiger partial charge in [0.05, 0.1) is 6.61 Å². The third kappa shape index (κ3) is 8.75. The number of phosphoric ester groups is 1. The van der Waals surface area contributed by atoms with Gasteiger partial charge in [0.25, 0.3) is 0 Å². The Hall–Kier alpha value is -2.18. The van der Waals surface area contributed by atoms with Gasteiger partial charge in [0.2, 0.25) is 5.91 Å². The standard InChI is InChI=1S/C24H32NO6P/c26-24(25-18-23(19-25)31-32(27,28)29)15-5-4-12-21-13-8-14-22(17-21)30-16-7-6-11-20-9-2-1-3-10-20/h1-3,8-10,13-14,17,23H,4-7,11-12,15-16,18-19H2,(H2,27,28,29). The minimum atomic E-state index is -4.48. The molecule has 1 amide bonds. The van der Waals surface area contributed by atoms with Crippen LogP contribution in [0.4, 0.5) is 0 Å². The summed E-state index contributed by atoms with van der Waals surface area (Å²) in [5, 5.41) is 0. The van der Waals surface area contributed by atoms with Crippen LogP contribution in [0, 0.1) is 0 Å². The van der Waals surface area contributed by atoms with E-state index >= 15 is 0 Å². The maximum absolute atomic E-state index is 12.1. The Morgan fingerprint density at radius 2 is 1.62 bits per heavy atom. The molecule has 8 heteroatoms. The molecule has 7 nitrogen and oxygen atoms in total. The third-order valence-corrected chi connectivity index (χ3v) is 6.04. The predicted octanol–water partition coefficient (Wildman–Crippen LogP) is 4.12. The molecule has 0 spiro atoms. The largest absolute Gasteiger partial charge is 0.494 e. The first-order valence-electron chi connectivity index (χ1n) is 11.2. The number of rotatable bonds is 13. The molecule has 0 radical (unpaired) electrons. The Bertz CT molecular complexity index is 894. The monoisotopic (exact) mass is 461 g/mol. The molecule has 1 heterocycles. The summed E-state index contributed by atoms with van der Waals surface area (Å²) in [7, 11) is -4.48. The molecule has 2 N–H and O–H groups in total. The number of benzene rings is 2. The number of carbonyl (C=O) groups is 1. The summed E-state index contributed by atoms with van der Waals surface area (Å²) in [4.78, 5) is 31.2. The number of nitrogens with zero attached hydrogens (tertiary/aromatic N) is 1. The van der Waals surface area contributed by atoms with Crippen molar-refractivity contribution in [2.24, 2.45) is 0 Å². The zero-order chi connectivity index (χ0) is 22.8. The van der Waals surface area contributed by atoms with Crippen molar-refractivity contribution in [1.29, 1.82) is 0 Å². The number of aryl methyl sites for hydroxylation is 2. The van der Waals surface area contributed by atoms with Crippen LogP contribution in [0.15, 0.2) is 54.6 Å². The fraction of sp³-hybridized carbons (Fsp3) is 0.458. The van der Waals surface area contributed by atoms with E-state index < -0.39 is 13.9 Å². The second-order valence-corrected chi connectivity index (χ2v) is 9.35. The number of unbranched alkanes of at least 4 members (excludes halogenated alkanes) is 2. The first-order valence-corrected chi connectivity index (χ1v) is 12.7. The van der Waals surface area contributed by atoms with Crippen LogP contribution in [0.2, 0.25) is 0 Å². The molecule has 0 aromatic heterocycles. The lowest BCUT2D eigenvalue weighted by atomic mass is 10.1. The van der Waals surface area contributed by atoms with Crippen LogP contribution in [0.3, 0.4) is 0 Å². The van der Waals surface area contributed by atoms with Gasteiger partial charge < -0.3 is 19.4 Å². The van der Waals surface area contributed by atoms with Gasteiger partial charge in [0.15, 0.2) is 0 Å². The zero-order valence-corrected chi connectivity index (χ0v) is 19.2. The Morgan fingerprint density at radius 1 is 0.938 bits per heavy atom. The van der Waals surface area contributed by atoms with E-state index in [1.807, 2.05) is 18.2 Å². The van der Waals surface area contributed by atoms with Crippen molar-refractivity contribution in [3.05, 3.63) is 65.7 Å². The number of likely N-dealkylation sites (tertiary alicyclic amines) is 1. The lowest BCUT2D eigenvalue weighted by molar-refractivity contribution is -0.140. The quantitative estimate of drug-likeness (QED) is 0.344. The first kappa shape index (κ1) is 24.5. The van der Waals surface area contributed by atoms with Crippen molar-refractivity contribution in [3.8, 4) is 5.75 Å². The second-order valence-electron chi connectivity index (χ2n) is 8.16. The fourth-order valence-electron chi connectivity index (χ4n) is 3.72. The van der Waals surface area contributed by atoms with E-state index in [-0.39, 0.29) is 19.0 Å². The van der Waals surface area contributed by atoms with E-state index in [9.17, 15) is 9.36 Å². The maximum atomic E-state index is 12.1. The van der Waals surface area contributed by atoms with Crippen LogP contribution in [0.5, 0.6) is 5.75 Å². The summed E-state index contributed by atoms with van der Waals surface area (Å²) in [6.07, 6.45) is 5.58. The van der Waals surface area contributed by atoms with Crippen LogP contribution in [-0.2, 0) is 26.7 Å². The van der Waals surface area contributed by atoms with E-state index in [2.05, 4.69) is 40.9 Å². The zero-order valence-electron chi connectivity index (χ0n) is 18.3. The van der Waals surface area contributed by atoms with Crippen molar-refractivity contribution in [2.75, 3.05) is 19.7 Å². The van der Waals surface area contributed by atoms with Crippen LogP contribution in [0.1, 0.15) is 43.2 Å². The van der Waals surface area contributed by atoms with Gasteiger partial charge in [0.1, 0.15) is 11.9 Å².